The molecule has 1 N–H and O–H groups in total. The molecule has 0 spiro atoms. The minimum Gasteiger partial charge on any atom is -0.488 e. The Morgan fingerprint density at radius 2 is 2.29 bits per heavy atom. The first-order valence-corrected chi connectivity index (χ1v) is 7.49. The summed E-state index contributed by atoms with van der Waals surface area (Å²) >= 11 is 0. The number of amides is 2. The number of hydrogen-bond acceptors (Lipinski definition) is 2. The highest BCUT2D eigenvalue weighted by Gasteiger charge is 2.21. The molecule has 5 heteroatoms. The van der Waals surface area contributed by atoms with Crippen LogP contribution in [0.1, 0.15) is 26.7 Å². The van der Waals surface area contributed by atoms with Gasteiger partial charge in [0, 0.05) is 13.1 Å². The summed E-state index contributed by atoms with van der Waals surface area (Å²) in [6.45, 7) is 5.86. The normalized spacial score (nSPS) is 20.0. The molecule has 0 aliphatic carbocycles. The molecular formula is C16H23FN2O2. The molecule has 2 rings (SSSR count). The molecule has 1 fully saturated rings. The van der Waals surface area contributed by atoms with Crippen LogP contribution in [0, 0.1) is 11.7 Å². The zero-order chi connectivity index (χ0) is 15.2. The number of likely N-dealkylation sites (tertiary alicyclic amines) is 1. The van der Waals surface area contributed by atoms with Crippen molar-refractivity contribution in [1.82, 2.24) is 10.2 Å². The van der Waals surface area contributed by atoms with Crippen LogP contribution in [0.3, 0.4) is 0 Å². The van der Waals surface area contributed by atoms with Crippen LogP contribution in [-0.2, 0) is 0 Å². The van der Waals surface area contributed by atoms with Gasteiger partial charge in [0.2, 0.25) is 0 Å². The number of para-hydroxylation sites is 1. The van der Waals surface area contributed by atoms with Gasteiger partial charge >= 0.3 is 6.03 Å². The number of rotatable bonds is 4. The van der Waals surface area contributed by atoms with Gasteiger partial charge in [-0.05, 0) is 37.8 Å². The average molecular weight is 294 g/mol. The highest BCUT2D eigenvalue weighted by molar-refractivity contribution is 5.74. The van der Waals surface area contributed by atoms with Crippen LogP contribution in [0.5, 0.6) is 5.75 Å². The quantitative estimate of drug-likeness (QED) is 0.927. The van der Waals surface area contributed by atoms with E-state index in [2.05, 4.69) is 12.2 Å². The Balaban J connectivity index is 1.77. The van der Waals surface area contributed by atoms with Crippen molar-refractivity contribution in [1.29, 1.82) is 0 Å². The van der Waals surface area contributed by atoms with Crippen LogP contribution in [0.4, 0.5) is 9.18 Å². The molecule has 1 saturated heterocycles. The molecule has 1 aromatic carbocycles. The molecule has 2 unspecified atom stereocenters. The Morgan fingerprint density at radius 1 is 1.52 bits per heavy atom. The monoisotopic (exact) mass is 294 g/mol. The Bertz CT molecular complexity index is 481. The molecule has 0 aromatic heterocycles. The predicted octanol–water partition coefficient (Wildman–Crippen LogP) is 3.03. The Labute approximate surface area is 125 Å². The van der Waals surface area contributed by atoms with Gasteiger partial charge in [-0.15, -0.1) is 0 Å². The SMILES string of the molecule is CC1CCCN(C(=O)NC(C)COc2ccccc2F)C1. The summed E-state index contributed by atoms with van der Waals surface area (Å²) in [6.07, 6.45) is 2.23. The van der Waals surface area contributed by atoms with Gasteiger partial charge in [0.05, 0.1) is 6.04 Å². The second kappa shape index (κ2) is 7.29. The third-order valence-electron chi connectivity index (χ3n) is 3.64. The average Bonchev–Trinajstić information content (AvgIpc) is 2.46. The maximum Gasteiger partial charge on any atom is 0.317 e. The largest absolute Gasteiger partial charge is 0.488 e. The maximum absolute atomic E-state index is 13.4. The van der Waals surface area contributed by atoms with E-state index in [1.54, 1.807) is 18.2 Å². The molecule has 0 bridgehead atoms. The lowest BCUT2D eigenvalue weighted by atomic mass is 10.0. The molecular weight excluding hydrogens is 271 g/mol. The van der Waals surface area contributed by atoms with Gasteiger partial charge in [0.15, 0.2) is 11.6 Å². The summed E-state index contributed by atoms with van der Waals surface area (Å²) in [6, 6.07) is 6.03. The van der Waals surface area contributed by atoms with Gasteiger partial charge in [0.25, 0.3) is 0 Å². The van der Waals surface area contributed by atoms with E-state index in [1.807, 2.05) is 11.8 Å². The highest BCUT2D eigenvalue weighted by atomic mass is 19.1. The van der Waals surface area contributed by atoms with Crippen molar-refractivity contribution in [2.45, 2.75) is 32.7 Å². The van der Waals surface area contributed by atoms with Crippen LogP contribution < -0.4 is 10.1 Å². The van der Waals surface area contributed by atoms with Crippen molar-refractivity contribution in [3.63, 3.8) is 0 Å². The molecule has 1 aromatic rings. The summed E-state index contributed by atoms with van der Waals surface area (Å²) in [5.74, 6) is 0.376. The Hall–Kier alpha value is -1.78. The van der Waals surface area contributed by atoms with Crippen molar-refractivity contribution < 1.29 is 13.9 Å². The first-order valence-electron chi connectivity index (χ1n) is 7.49. The summed E-state index contributed by atoms with van der Waals surface area (Å²) in [7, 11) is 0. The molecule has 1 aliphatic heterocycles. The van der Waals surface area contributed by atoms with E-state index in [1.165, 1.54) is 12.5 Å². The van der Waals surface area contributed by atoms with Gasteiger partial charge in [-0.1, -0.05) is 19.1 Å². The zero-order valence-corrected chi connectivity index (χ0v) is 12.6. The fourth-order valence-electron chi connectivity index (χ4n) is 2.49. The van der Waals surface area contributed by atoms with E-state index < -0.39 is 0 Å². The molecule has 1 heterocycles. The Kier molecular flexibility index (Phi) is 5.42. The van der Waals surface area contributed by atoms with Crippen molar-refractivity contribution >= 4 is 6.03 Å². The molecule has 0 saturated carbocycles. The molecule has 2 amide bonds. The van der Waals surface area contributed by atoms with Crippen molar-refractivity contribution in [3.05, 3.63) is 30.1 Å². The number of urea groups is 1. The Morgan fingerprint density at radius 3 is 3.00 bits per heavy atom. The maximum atomic E-state index is 13.4. The number of halogens is 1. The lowest BCUT2D eigenvalue weighted by Gasteiger charge is -2.32. The van der Waals surface area contributed by atoms with E-state index in [4.69, 9.17) is 4.74 Å². The van der Waals surface area contributed by atoms with Crippen molar-refractivity contribution in [2.75, 3.05) is 19.7 Å². The smallest absolute Gasteiger partial charge is 0.317 e. The number of carbonyl (C=O) groups is 1. The first-order chi connectivity index (χ1) is 10.1. The number of carbonyl (C=O) groups excluding carboxylic acids is 1. The topological polar surface area (TPSA) is 41.6 Å². The summed E-state index contributed by atoms with van der Waals surface area (Å²) in [4.78, 5) is 14.0. The lowest BCUT2D eigenvalue weighted by molar-refractivity contribution is 0.162. The summed E-state index contributed by atoms with van der Waals surface area (Å²) in [5.41, 5.74) is 0. The third-order valence-corrected chi connectivity index (χ3v) is 3.64. The van der Waals surface area contributed by atoms with Crippen LogP contribution in [0.25, 0.3) is 0 Å². The van der Waals surface area contributed by atoms with Crippen LogP contribution in [0.15, 0.2) is 24.3 Å². The van der Waals surface area contributed by atoms with E-state index in [9.17, 15) is 9.18 Å². The van der Waals surface area contributed by atoms with Crippen LogP contribution in [-0.4, -0.2) is 36.7 Å². The number of nitrogens with zero attached hydrogens (tertiary/aromatic N) is 1. The van der Waals surface area contributed by atoms with Gasteiger partial charge < -0.3 is 15.0 Å². The van der Waals surface area contributed by atoms with E-state index in [-0.39, 0.29) is 30.2 Å². The minimum atomic E-state index is -0.388. The van der Waals surface area contributed by atoms with Gasteiger partial charge in [-0.3, -0.25) is 0 Å². The summed E-state index contributed by atoms with van der Waals surface area (Å²) in [5, 5.41) is 2.90. The third kappa shape index (κ3) is 4.62. The number of benzene rings is 1. The first kappa shape index (κ1) is 15.6. The number of piperidine rings is 1. The number of hydrogen-bond donors (Lipinski definition) is 1. The molecule has 1 aliphatic rings. The fourth-order valence-corrected chi connectivity index (χ4v) is 2.49. The second-order valence-corrected chi connectivity index (χ2v) is 5.79. The van der Waals surface area contributed by atoms with Crippen molar-refractivity contribution in [3.8, 4) is 5.75 Å². The van der Waals surface area contributed by atoms with E-state index >= 15 is 0 Å². The molecule has 116 valence electrons. The number of ether oxygens (including phenoxy) is 1. The lowest BCUT2D eigenvalue weighted by Crippen LogP contribution is -2.49. The zero-order valence-electron chi connectivity index (χ0n) is 12.6. The molecule has 4 nitrogen and oxygen atoms in total. The summed E-state index contributed by atoms with van der Waals surface area (Å²) < 4.78 is 18.8. The molecule has 0 radical (unpaired) electrons. The van der Waals surface area contributed by atoms with Crippen LogP contribution in [0.2, 0.25) is 0 Å². The highest BCUT2D eigenvalue weighted by Crippen LogP contribution is 2.16. The predicted molar refractivity (Wildman–Crippen MR) is 79.9 cm³/mol. The standard InChI is InChI=1S/C16H23FN2O2/c1-12-6-5-9-19(10-12)16(20)18-13(2)11-21-15-8-4-3-7-14(15)17/h3-4,7-8,12-13H,5-6,9-11H2,1-2H3,(H,18,20). The second-order valence-electron chi connectivity index (χ2n) is 5.79. The fraction of sp³-hybridized carbons (Fsp3) is 0.562. The van der Waals surface area contributed by atoms with Gasteiger partial charge in [-0.2, -0.15) is 0 Å². The number of nitrogens with one attached hydrogen (secondary N) is 1. The van der Waals surface area contributed by atoms with Gasteiger partial charge in [-0.25, -0.2) is 9.18 Å². The van der Waals surface area contributed by atoms with Crippen LogP contribution >= 0.6 is 0 Å². The van der Waals surface area contributed by atoms with Crippen molar-refractivity contribution in [2.24, 2.45) is 5.92 Å². The van der Waals surface area contributed by atoms with E-state index in [0.717, 1.165) is 19.5 Å². The van der Waals surface area contributed by atoms with Gasteiger partial charge in [0.1, 0.15) is 6.61 Å². The molecule has 21 heavy (non-hydrogen) atoms. The molecule has 2 atom stereocenters. The minimum absolute atomic E-state index is 0.0637. The van der Waals surface area contributed by atoms with E-state index in [0.29, 0.717) is 5.92 Å².